The van der Waals surface area contributed by atoms with Crippen LogP contribution in [0.15, 0.2) is 24.8 Å². The molecule has 0 spiro atoms. The van der Waals surface area contributed by atoms with E-state index in [2.05, 4.69) is 6.58 Å². The summed E-state index contributed by atoms with van der Waals surface area (Å²) in [6, 6.07) is 5.37. The molecule has 2 N–H and O–H groups in total. The highest BCUT2D eigenvalue weighted by Crippen LogP contribution is 2.27. The van der Waals surface area contributed by atoms with Crippen LogP contribution >= 0.6 is 23.2 Å². The Morgan fingerprint density at radius 3 is 2.62 bits per heavy atom. The zero-order valence-corrected chi connectivity index (χ0v) is 8.70. The molecule has 0 fully saturated rings. The van der Waals surface area contributed by atoms with Gasteiger partial charge in [-0.25, -0.2) is 0 Å². The molecule has 0 saturated heterocycles. The van der Waals surface area contributed by atoms with Crippen molar-refractivity contribution in [2.45, 2.75) is 6.42 Å². The summed E-state index contributed by atoms with van der Waals surface area (Å²) in [5.41, 5.74) is 7.29. The summed E-state index contributed by atoms with van der Waals surface area (Å²) in [6.45, 7) is 4.48. The molecule has 0 atom stereocenters. The van der Waals surface area contributed by atoms with Crippen LogP contribution in [0.4, 0.5) is 0 Å². The highest BCUT2D eigenvalue weighted by Gasteiger charge is 2.03. The van der Waals surface area contributed by atoms with Crippen molar-refractivity contribution in [2.75, 3.05) is 6.54 Å². The van der Waals surface area contributed by atoms with Crippen molar-refractivity contribution in [1.29, 1.82) is 0 Å². The van der Waals surface area contributed by atoms with Gasteiger partial charge in [-0.05, 0) is 36.2 Å². The van der Waals surface area contributed by atoms with E-state index in [1.54, 1.807) is 12.1 Å². The molecular formula is C10H11Cl2N. The highest BCUT2D eigenvalue weighted by molar-refractivity contribution is 6.35. The second-order valence-electron chi connectivity index (χ2n) is 2.77. The van der Waals surface area contributed by atoms with Crippen molar-refractivity contribution in [2.24, 2.45) is 5.73 Å². The molecule has 3 heteroatoms. The SMILES string of the molecule is C=C(CCN)c1ccc(Cl)cc1Cl. The maximum absolute atomic E-state index is 5.97. The summed E-state index contributed by atoms with van der Waals surface area (Å²) in [7, 11) is 0. The van der Waals surface area contributed by atoms with E-state index < -0.39 is 0 Å². The summed E-state index contributed by atoms with van der Waals surface area (Å²) >= 11 is 11.7. The minimum absolute atomic E-state index is 0.581. The molecule has 0 heterocycles. The van der Waals surface area contributed by atoms with Crippen LogP contribution in [0.25, 0.3) is 5.57 Å². The Labute approximate surface area is 88.1 Å². The van der Waals surface area contributed by atoms with Gasteiger partial charge in [-0.2, -0.15) is 0 Å². The van der Waals surface area contributed by atoms with Gasteiger partial charge in [-0.15, -0.1) is 0 Å². The number of rotatable bonds is 3. The van der Waals surface area contributed by atoms with E-state index in [-0.39, 0.29) is 0 Å². The molecule has 70 valence electrons. The van der Waals surface area contributed by atoms with Crippen molar-refractivity contribution in [3.05, 3.63) is 40.4 Å². The lowest BCUT2D eigenvalue weighted by Gasteiger charge is -2.06. The number of halogens is 2. The van der Waals surface area contributed by atoms with Gasteiger partial charge in [0.2, 0.25) is 0 Å². The maximum atomic E-state index is 5.97. The fraction of sp³-hybridized carbons (Fsp3) is 0.200. The normalized spacial score (nSPS) is 10.1. The Hall–Kier alpha value is -0.500. The third kappa shape index (κ3) is 2.73. The molecule has 0 aliphatic carbocycles. The van der Waals surface area contributed by atoms with Crippen LogP contribution in [0.5, 0.6) is 0 Å². The lowest BCUT2D eigenvalue weighted by Crippen LogP contribution is -1.99. The van der Waals surface area contributed by atoms with Crippen LogP contribution in [0.3, 0.4) is 0 Å². The smallest absolute Gasteiger partial charge is 0.0495 e. The zero-order valence-electron chi connectivity index (χ0n) is 7.19. The summed E-state index contributed by atoms with van der Waals surface area (Å²) < 4.78 is 0. The van der Waals surface area contributed by atoms with Gasteiger partial charge in [-0.1, -0.05) is 35.8 Å². The predicted octanol–water partition coefficient (Wildman–Crippen LogP) is 3.36. The molecule has 1 nitrogen and oxygen atoms in total. The number of hydrogen-bond acceptors (Lipinski definition) is 1. The van der Waals surface area contributed by atoms with Crippen LogP contribution in [-0.2, 0) is 0 Å². The quantitative estimate of drug-likeness (QED) is 0.823. The van der Waals surface area contributed by atoms with Crippen molar-refractivity contribution in [1.82, 2.24) is 0 Å². The molecule has 13 heavy (non-hydrogen) atoms. The minimum atomic E-state index is 0.581. The summed E-state index contributed by atoms with van der Waals surface area (Å²) in [5.74, 6) is 0. The van der Waals surface area contributed by atoms with Gasteiger partial charge in [0, 0.05) is 10.0 Å². The van der Waals surface area contributed by atoms with Gasteiger partial charge in [0.05, 0.1) is 0 Å². The lowest BCUT2D eigenvalue weighted by molar-refractivity contribution is 1.02. The standard InChI is InChI=1S/C10H11Cl2N/c1-7(4-5-13)9-3-2-8(11)6-10(9)12/h2-3,6H,1,4-5,13H2. The van der Waals surface area contributed by atoms with Crippen molar-refractivity contribution < 1.29 is 0 Å². The van der Waals surface area contributed by atoms with Gasteiger partial charge >= 0.3 is 0 Å². The van der Waals surface area contributed by atoms with E-state index in [0.717, 1.165) is 17.6 Å². The molecule has 1 aromatic carbocycles. The third-order valence-electron chi connectivity index (χ3n) is 1.76. The molecule has 0 amide bonds. The molecule has 0 unspecified atom stereocenters. The van der Waals surface area contributed by atoms with Crippen LogP contribution in [0.2, 0.25) is 10.0 Å². The van der Waals surface area contributed by atoms with E-state index in [1.807, 2.05) is 6.07 Å². The molecule has 0 radical (unpaired) electrons. The summed E-state index contributed by atoms with van der Waals surface area (Å²) in [5, 5.41) is 1.26. The molecule has 0 aromatic heterocycles. The van der Waals surface area contributed by atoms with Gasteiger partial charge in [0.25, 0.3) is 0 Å². The molecular weight excluding hydrogens is 205 g/mol. The van der Waals surface area contributed by atoms with Crippen molar-refractivity contribution in [3.63, 3.8) is 0 Å². The maximum Gasteiger partial charge on any atom is 0.0495 e. The largest absolute Gasteiger partial charge is 0.330 e. The summed E-state index contributed by atoms with van der Waals surface area (Å²) in [6.07, 6.45) is 0.751. The van der Waals surface area contributed by atoms with E-state index in [1.165, 1.54) is 0 Å². The summed E-state index contributed by atoms with van der Waals surface area (Å²) in [4.78, 5) is 0. The fourth-order valence-corrected chi connectivity index (χ4v) is 1.63. The third-order valence-corrected chi connectivity index (χ3v) is 2.31. The number of hydrogen-bond donors (Lipinski definition) is 1. The monoisotopic (exact) mass is 215 g/mol. The second kappa shape index (κ2) is 4.66. The van der Waals surface area contributed by atoms with Crippen molar-refractivity contribution in [3.8, 4) is 0 Å². The molecule has 1 aromatic rings. The first-order valence-electron chi connectivity index (χ1n) is 3.98. The molecule has 0 aliphatic heterocycles. The van der Waals surface area contributed by atoms with Crippen LogP contribution in [0, 0.1) is 0 Å². The highest BCUT2D eigenvalue weighted by atomic mass is 35.5. The van der Waals surface area contributed by atoms with E-state index >= 15 is 0 Å². The molecule has 1 rings (SSSR count). The first-order chi connectivity index (χ1) is 6.15. The first-order valence-corrected chi connectivity index (χ1v) is 4.74. The van der Waals surface area contributed by atoms with E-state index in [9.17, 15) is 0 Å². The minimum Gasteiger partial charge on any atom is -0.330 e. The molecule has 0 bridgehead atoms. The molecule has 0 aliphatic rings. The van der Waals surface area contributed by atoms with E-state index in [4.69, 9.17) is 28.9 Å². The van der Waals surface area contributed by atoms with Crippen molar-refractivity contribution >= 4 is 28.8 Å². The lowest BCUT2D eigenvalue weighted by atomic mass is 10.1. The second-order valence-corrected chi connectivity index (χ2v) is 3.61. The van der Waals surface area contributed by atoms with Crippen LogP contribution < -0.4 is 5.73 Å². The number of nitrogens with two attached hydrogens (primary N) is 1. The topological polar surface area (TPSA) is 26.0 Å². The molecule has 0 saturated carbocycles. The Kier molecular flexibility index (Phi) is 3.79. The van der Waals surface area contributed by atoms with Crippen LogP contribution in [-0.4, -0.2) is 6.54 Å². The zero-order chi connectivity index (χ0) is 9.84. The average Bonchev–Trinajstić information content (AvgIpc) is 2.04. The Bertz CT molecular complexity index is 321. The first kappa shape index (κ1) is 10.6. The Balaban J connectivity index is 2.95. The average molecular weight is 216 g/mol. The van der Waals surface area contributed by atoms with Gasteiger partial charge < -0.3 is 5.73 Å². The van der Waals surface area contributed by atoms with Gasteiger partial charge in [0.15, 0.2) is 0 Å². The predicted molar refractivity (Wildman–Crippen MR) is 59.2 cm³/mol. The van der Waals surface area contributed by atoms with Gasteiger partial charge in [0.1, 0.15) is 0 Å². The Morgan fingerprint density at radius 1 is 1.38 bits per heavy atom. The van der Waals surface area contributed by atoms with Gasteiger partial charge in [-0.3, -0.25) is 0 Å². The fourth-order valence-electron chi connectivity index (χ4n) is 1.09. The van der Waals surface area contributed by atoms with Crippen LogP contribution in [0.1, 0.15) is 12.0 Å². The number of benzene rings is 1. The Morgan fingerprint density at radius 2 is 2.08 bits per heavy atom. The van der Waals surface area contributed by atoms with E-state index in [0.29, 0.717) is 16.6 Å².